The summed E-state index contributed by atoms with van der Waals surface area (Å²) in [5, 5.41) is 2.88. The summed E-state index contributed by atoms with van der Waals surface area (Å²) >= 11 is 6.17. The summed E-state index contributed by atoms with van der Waals surface area (Å²) in [6.07, 6.45) is -0.887. The van der Waals surface area contributed by atoms with E-state index in [2.05, 4.69) is 10.1 Å². The van der Waals surface area contributed by atoms with Crippen molar-refractivity contribution < 1.29 is 18.7 Å². The number of aryl methyl sites for hydroxylation is 2. The Morgan fingerprint density at radius 3 is 2.74 bits per heavy atom. The van der Waals surface area contributed by atoms with Crippen LogP contribution in [0.5, 0.6) is 5.75 Å². The van der Waals surface area contributed by atoms with Gasteiger partial charge in [0.15, 0.2) is 0 Å². The molecule has 0 saturated heterocycles. The molecule has 23 heavy (non-hydrogen) atoms. The average Bonchev–Trinajstić information content (AvgIpc) is 2.48. The second kappa shape index (κ2) is 7.83. The van der Waals surface area contributed by atoms with E-state index in [0.29, 0.717) is 16.3 Å². The second-order valence-corrected chi connectivity index (χ2v) is 5.40. The molecule has 0 atom stereocenters. The number of benzene rings is 2. The molecule has 2 rings (SSSR count). The maximum Gasteiger partial charge on any atom is 0.413 e. The van der Waals surface area contributed by atoms with E-state index in [9.17, 15) is 9.18 Å². The fourth-order valence-electron chi connectivity index (χ4n) is 2.13. The molecule has 2 aromatic rings. The largest absolute Gasteiger partial charge is 0.488 e. The molecule has 0 aliphatic rings. The van der Waals surface area contributed by atoms with Crippen molar-refractivity contribution in [3.63, 3.8) is 0 Å². The molecule has 0 unspecified atom stereocenters. The standard InChI is InChI=1S/C17H17ClFNO3/c1-11-6-7-16(12(2)8-11)22-9-13-14(18)4-3-5-15(13)20-17(21)23-10-19/h3-8H,9-10H2,1-2H3,(H,20,21). The molecule has 0 radical (unpaired) electrons. The fraction of sp³-hybridized carbons (Fsp3) is 0.235. The number of ether oxygens (including phenoxy) is 2. The number of nitrogens with one attached hydrogen (secondary N) is 1. The Morgan fingerprint density at radius 2 is 2.04 bits per heavy atom. The SMILES string of the molecule is Cc1ccc(OCc2c(Cl)cccc2NC(=O)OCF)c(C)c1. The van der Waals surface area contributed by atoms with Gasteiger partial charge in [0, 0.05) is 10.6 Å². The van der Waals surface area contributed by atoms with Crippen molar-refractivity contribution in [3.05, 3.63) is 58.1 Å². The highest BCUT2D eigenvalue weighted by atomic mass is 35.5. The van der Waals surface area contributed by atoms with Crippen LogP contribution in [0, 0.1) is 13.8 Å². The fourth-order valence-corrected chi connectivity index (χ4v) is 2.36. The molecule has 1 amide bonds. The third-order valence-electron chi connectivity index (χ3n) is 3.24. The number of carbonyl (C=O) groups is 1. The van der Waals surface area contributed by atoms with Crippen LogP contribution in [-0.2, 0) is 11.3 Å². The predicted molar refractivity (Wildman–Crippen MR) is 87.8 cm³/mol. The third-order valence-corrected chi connectivity index (χ3v) is 3.60. The van der Waals surface area contributed by atoms with Crippen molar-refractivity contribution in [2.45, 2.75) is 20.5 Å². The van der Waals surface area contributed by atoms with E-state index >= 15 is 0 Å². The quantitative estimate of drug-likeness (QED) is 0.834. The first kappa shape index (κ1) is 17.1. The van der Waals surface area contributed by atoms with E-state index in [0.717, 1.165) is 16.9 Å². The van der Waals surface area contributed by atoms with Crippen LogP contribution >= 0.6 is 11.6 Å². The molecule has 0 spiro atoms. The highest BCUT2D eigenvalue weighted by Gasteiger charge is 2.12. The van der Waals surface area contributed by atoms with E-state index < -0.39 is 13.0 Å². The van der Waals surface area contributed by atoms with E-state index in [1.807, 2.05) is 32.0 Å². The van der Waals surface area contributed by atoms with Gasteiger partial charge in [0.05, 0.1) is 5.69 Å². The lowest BCUT2D eigenvalue weighted by molar-refractivity contribution is 0.111. The Kier molecular flexibility index (Phi) is 5.82. The summed E-state index contributed by atoms with van der Waals surface area (Å²) in [6.45, 7) is 2.92. The van der Waals surface area contributed by atoms with Crippen molar-refractivity contribution >= 4 is 23.4 Å². The lowest BCUT2D eigenvalue weighted by Crippen LogP contribution is -2.15. The summed E-state index contributed by atoms with van der Waals surface area (Å²) < 4.78 is 22.1. The van der Waals surface area contributed by atoms with Crippen molar-refractivity contribution in [2.24, 2.45) is 0 Å². The minimum absolute atomic E-state index is 0.162. The zero-order valence-corrected chi connectivity index (χ0v) is 13.6. The number of anilines is 1. The molecule has 0 bridgehead atoms. The normalized spacial score (nSPS) is 10.3. The van der Waals surface area contributed by atoms with Crippen LogP contribution in [0.25, 0.3) is 0 Å². The van der Waals surface area contributed by atoms with Crippen molar-refractivity contribution in [3.8, 4) is 5.75 Å². The van der Waals surface area contributed by atoms with Crippen LogP contribution in [0.1, 0.15) is 16.7 Å². The summed E-state index contributed by atoms with van der Waals surface area (Å²) in [7, 11) is 0. The summed E-state index contributed by atoms with van der Waals surface area (Å²) in [6, 6.07) is 10.9. The van der Waals surface area contributed by atoms with Gasteiger partial charge in [-0.2, -0.15) is 0 Å². The van der Waals surface area contributed by atoms with Crippen LogP contribution in [0.15, 0.2) is 36.4 Å². The van der Waals surface area contributed by atoms with E-state index in [1.54, 1.807) is 18.2 Å². The van der Waals surface area contributed by atoms with Crippen LogP contribution in [0.2, 0.25) is 5.02 Å². The number of carbonyl (C=O) groups excluding carboxylic acids is 1. The molecule has 6 heteroatoms. The molecule has 0 aliphatic carbocycles. The van der Waals surface area contributed by atoms with Crippen molar-refractivity contribution in [1.82, 2.24) is 0 Å². The molecule has 0 aromatic heterocycles. The highest BCUT2D eigenvalue weighted by Crippen LogP contribution is 2.27. The number of amides is 1. The van der Waals surface area contributed by atoms with Crippen molar-refractivity contribution in [2.75, 3.05) is 12.2 Å². The molecule has 0 fully saturated rings. The Labute approximate surface area is 139 Å². The summed E-state index contributed by atoms with van der Waals surface area (Å²) in [5.74, 6) is 0.729. The molecular formula is C17H17ClFNO3. The predicted octanol–water partition coefficient (Wildman–Crippen LogP) is 5.01. The smallest absolute Gasteiger partial charge is 0.413 e. The van der Waals surface area contributed by atoms with Gasteiger partial charge < -0.3 is 9.47 Å². The maximum atomic E-state index is 12.0. The average molecular weight is 338 g/mol. The van der Waals surface area contributed by atoms with Gasteiger partial charge >= 0.3 is 6.09 Å². The molecule has 0 saturated carbocycles. The first-order chi connectivity index (χ1) is 11.0. The Balaban J connectivity index is 2.16. The maximum absolute atomic E-state index is 12.0. The minimum Gasteiger partial charge on any atom is -0.488 e. The molecule has 4 nitrogen and oxygen atoms in total. The van der Waals surface area contributed by atoms with E-state index in [-0.39, 0.29) is 6.61 Å². The second-order valence-electron chi connectivity index (χ2n) is 4.99. The number of hydrogen-bond donors (Lipinski definition) is 1. The van der Waals surface area contributed by atoms with Gasteiger partial charge in [-0.1, -0.05) is 35.4 Å². The first-order valence-corrected chi connectivity index (χ1v) is 7.36. The Bertz CT molecular complexity index is 706. The topological polar surface area (TPSA) is 47.6 Å². The van der Waals surface area contributed by atoms with Crippen molar-refractivity contribution in [1.29, 1.82) is 0 Å². The van der Waals surface area contributed by atoms with Gasteiger partial charge in [-0.3, -0.25) is 5.32 Å². The lowest BCUT2D eigenvalue weighted by atomic mass is 10.1. The molecule has 0 heterocycles. The van der Waals surface area contributed by atoms with Gasteiger partial charge in [-0.05, 0) is 37.6 Å². The summed E-state index contributed by atoms with van der Waals surface area (Å²) in [4.78, 5) is 11.4. The van der Waals surface area contributed by atoms with Crippen LogP contribution < -0.4 is 10.1 Å². The molecule has 2 aromatic carbocycles. The Hall–Kier alpha value is -2.27. The van der Waals surface area contributed by atoms with Crippen LogP contribution in [0.4, 0.5) is 14.9 Å². The van der Waals surface area contributed by atoms with Gasteiger partial charge in [0.2, 0.25) is 6.86 Å². The number of hydrogen-bond acceptors (Lipinski definition) is 3. The zero-order chi connectivity index (χ0) is 16.8. The molecule has 122 valence electrons. The molecular weight excluding hydrogens is 321 g/mol. The Morgan fingerprint density at radius 1 is 1.26 bits per heavy atom. The van der Waals surface area contributed by atoms with E-state index in [1.165, 1.54) is 0 Å². The highest BCUT2D eigenvalue weighted by molar-refractivity contribution is 6.31. The first-order valence-electron chi connectivity index (χ1n) is 6.98. The number of alkyl halides is 1. The summed E-state index contributed by atoms with van der Waals surface area (Å²) in [5.41, 5.74) is 3.15. The zero-order valence-electron chi connectivity index (χ0n) is 12.9. The van der Waals surface area contributed by atoms with Gasteiger partial charge in [-0.25, -0.2) is 9.18 Å². The monoisotopic (exact) mass is 337 g/mol. The van der Waals surface area contributed by atoms with Crippen LogP contribution in [-0.4, -0.2) is 13.0 Å². The van der Waals surface area contributed by atoms with Crippen LogP contribution in [0.3, 0.4) is 0 Å². The van der Waals surface area contributed by atoms with Gasteiger partial charge in [0.25, 0.3) is 0 Å². The van der Waals surface area contributed by atoms with Gasteiger partial charge in [-0.15, -0.1) is 0 Å². The lowest BCUT2D eigenvalue weighted by Gasteiger charge is -2.14. The van der Waals surface area contributed by atoms with Gasteiger partial charge in [0.1, 0.15) is 12.4 Å². The molecule has 0 aliphatic heterocycles. The minimum atomic E-state index is -1.19. The third kappa shape index (κ3) is 4.60. The number of halogens is 2. The number of rotatable bonds is 5. The molecule has 1 N–H and O–H groups in total. The van der Waals surface area contributed by atoms with E-state index in [4.69, 9.17) is 16.3 Å².